The van der Waals surface area contributed by atoms with Crippen LogP contribution in [0.15, 0.2) is 28.7 Å². The van der Waals surface area contributed by atoms with E-state index in [1.807, 2.05) is 0 Å². The Bertz CT molecular complexity index is 530. The number of hydrogen-bond acceptors (Lipinski definition) is 1. The summed E-state index contributed by atoms with van der Waals surface area (Å²) >= 11 is 2.48. The van der Waals surface area contributed by atoms with Crippen LogP contribution in [0.3, 0.4) is 0 Å². The van der Waals surface area contributed by atoms with Gasteiger partial charge < -0.3 is 0 Å². The van der Waals surface area contributed by atoms with Gasteiger partial charge in [-0.25, -0.2) is 0 Å². The molecule has 116 valence electrons. The summed E-state index contributed by atoms with van der Waals surface area (Å²) in [5, 5.41) is 10.7. The quantitative estimate of drug-likeness (QED) is 0.631. The van der Waals surface area contributed by atoms with Gasteiger partial charge in [0, 0.05) is 0 Å². The molecule has 3 atom stereocenters. The minimum absolute atomic E-state index is 0.0474. The van der Waals surface area contributed by atoms with Crippen molar-refractivity contribution < 1.29 is 5.11 Å². The van der Waals surface area contributed by atoms with Gasteiger partial charge in [-0.15, -0.1) is 0 Å². The second kappa shape index (κ2) is 5.82. The second-order valence-corrected chi connectivity index (χ2v) is 14.5. The summed E-state index contributed by atoms with van der Waals surface area (Å²) in [4.78, 5) is 2.52. The zero-order chi connectivity index (χ0) is 15.3. The van der Waals surface area contributed by atoms with E-state index < -0.39 is 19.6 Å². The maximum absolute atomic E-state index is 10.7. The summed E-state index contributed by atoms with van der Waals surface area (Å²) in [6.45, 7) is 4.84. The van der Waals surface area contributed by atoms with Crippen molar-refractivity contribution in [3.8, 4) is 0 Å². The molecule has 0 unspecified atom stereocenters. The van der Waals surface area contributed by atoms with Crippen molar-refractivity contribution in [1.29, 1.82) is 0 Å². The molecular weight excluding hydrogens is 440 g/mol. The van der Waals surface area contributed by atoms with Crippen LogP contribution < -0.4 is 0 Å². The molecule has 2 aliphatic rings. The van der Waals surface area contributed by atoms with Gasteiger partial charge in [0.15, 0.2) is 0 Å². The molecule has 2 aliphatic carbocycles. The van der Waals surface area contributed by atoms with Crippen molar-refractivity contribution in [2.75, 3.05) is 0 Å². The van der Waals surface area contributed by atoms with Gasteiger partial charge in [0.05, 0.1) is 0 Å². The summed E-state index contributed by atoms with van der Waals surface area (Å²) in [7, 11) is 0. The van der Waals surface area contributed by atoms with E-state index in [9.17, 15) is 5.11 Å². The molecule has 1 N–H and O–H groups in total. The van der Waals surface area contributed by atoms with Gasteiger partial charge in [0.25, 0.3) is 0 Å². The number of halogens is 1. The zero-order valence-corrected chi connectivity index (χ0v) is 17.1. The molecule has 1 aromatic carbocycles. The third kappa shape index (κ3) is 2.63. The third-order valence-electron chi connectivity index (χ3n) is 6.25. The number of aliphatic hydroxyl groups excluding tert-OH is 1. The molecule has 0 saturated heterocycles. The number of aliphatic hydroxyl groups is 1. The van der Waals surface area contributed by atoms with Crippen LogP contribution in [0.4, 0.5) is 0 Å². The number of fused-ring (bicyclic) bond motifs is 2. The molecule has 0 radical (unpaired) electrons. The Morgan fingerprint density at radius 3 is 2.62 bits per heavy atom. The molecule has 2 saturated carbocycles. The molecule has 0 amide bonds. The molecule has 0 heterocycles. The first-order chi connectivity index (χ1) is 9.87. The Hall–Kier alpha value is 0.450. The first-order valence-corrected chi connectivity index (χ1v) is 14.3. The topological polar surface area (TPSA) is 20.2 Å². The van der Waals surface area contributed by atoms with Gasteiger partial charge in [-0.2, -0.15) is 0 Å². The van der Waals surface area contributed by atoms with Gasteiger partial charge in [-0.3, -0.25) is 0 Å². The Morgan fingerprint density at radius 1 is 1.33 bits per heavy atom. The molecule has 0 aliphatic heterocycles. The number of rotatable bonds is 4. The van der Waals surface area contributed by atoms with Crippen LogP contribution in [-0.2, 0) is 4.47 Å². The molecule has 3 rings (SSSR count). The molecular formula is C18H26BrOTe+. The minimum atomic E-state index is -1.21. The van der Waals surface area contributed by atoms with E-state index in [0.717, 1.165) is 12.3 Å². The van der Waals surface area contributed by atoms with E-state index in [-0.39, 0.29) is 11.5 Å². The number of benzene rings is 1. The van der Waals surface area contributed by atoms with Crippen LogP contribution >= 0.6 is 15.9 Å². The van der Waals surface area contributed by atoms with Crippen molar-refractivity contribution in [3.05, 3.63) is 34.3 Å². The van der Waals surface area contributed by atoms with Crippen LogP contribution in [0.1, 0.15) is 38.7 Å². The molecule has 1 nitrogen and oxygen atoms in total. The molecule has 21 heavy (non-hydrogen) atoms. The maximum atomic E-state index is 10.7. The van der Waals surface area contributed by atoms with Gasteiger partial charge in [-0.1, -0.05) is 0 Å². The normalized spacial score (nSPS) is 33.8. The summed E-state index contributed by atoms with van der Waals surface area (Å²) in [6, 6.07) is 8.64. The predicted octanol–water partition coefficient (Wildman–Crippen LogP) is 4.84. The molecule has 1 aromatic rings. The first kappa shape index (κ1) is 16.3. The van der Waals surface area contributed by atoms with Crippen molar-refractivity contribution in [3.63, 3.8) is 0 Å². The Labute approximate surface area is 144 Å². The fourth-order valence-electron chi connectivity index (χ4n) is 4.75. The standard InChI is InChI=1S/C18H26BrOTe/c1-17(2)14-8-9-18(17,16(20)10-14)12-21(3)11-13-6-4-5-7-15(13)19/h4-7,14,16,20H,8-12H2,1-3H3/q+1/t14-,16-,18-/m1/s1. The van der Waals surface area contributed by atoms with Gasteiger partial charge in [-0.05, 0) is 0 Å². The SMILES string of the molecule is C[Te+](Cc1ccccc1Br)C[C@]12CC[C@H](C[C@H]1O)C2(C)C. The van der Waals surface area contributed by atoms with Gasteiger partial charge in [0.1, 0.15) is 0 Å². The fourth-order valence-corrected chi connectivity index (χ4v) is 12.8. The average molecular weight is 466 g/mol. The summed E-state index contributed by atoms with van der Waals surface area (Å²) in [5.41, 5.74) is 2.03. The van der Waals surface area contributed by atoms with Crippen LogP contribution in [0, 0.1) is 16.7 Å². The van der Waals surface area contributed by atoms with Crippen LogP contribution in [0.5, 0.6) is 0 Å². The van der Waals surface area contributed by atoms with Crippen LogP contribution in [-0.4, -0.2) is 30.8 Å². The van der Waals surface area contributed by atoms with Gasteiger partial charge >= 0.3 is 145 Å². The van der Waals surface area contributed by atoms with E-state index in [1.165, 1.54) is 31.8 Å². The molecule has 3 heteroatoms. The van der Waals surface area contributed by atoms with E-state index in [2.05, 4.69) is 59.0 Å². The van der Waals surface area contributed by atoms with Crippen LogP contribution in [0.2, 0.25) is 9.44 Å². The Balaban J connectivity index is 1.75. The Morgan fingerprint density at radius 2 is 2.05 bits per heavy atom. The first-order valence-electron chi connectivity index (χ1n) is 7.87. The van der Waals surface area contributed by atoms with E-state index in [0.29, 0.717) is 5.41 Å². The second-order valence-electron chi connectivity index (χ2n) is 7.53. The van der Waals surface area contributed by atoms with Gasteiger partial charge in [0.2, 0.25) is 0 Å². The van der Waals surface area contributed by atoms with E-state index in [1.54, 1.807) is 0 Å². The van der Waals surface area contributed by atoms with Crippen LogP contribution in [0.25, 0.3) is 0 Å². The Kier molecular flexibility index (Phi) is 4.52. The van der Waals surface area contributed by atoms with Crippen molar-refractivity contribution >= 4 is 35.5 Å². The fraction of sp³-hybridized carbons (Fsp3) is 0.667. The number of hydrogen-bond donors (Lipinski definition) is 1. The monoisotopic (exact) mass is 467 g/mol. The molecule has 0 aromatic heterocycles. The molecule has 0 spiro atoms. The average Bonchev–Trinajstić information content (AvgIpc) is 2.75. The summed E-state index contributed by atoms with van der Waals surface area (Å²) in [6.07, 6.45) is 3.60. The predicted molar refractivity (Wildman–Crippen MR) is 93.8 cm³/mol. The molecule has 2 fully saturated rings. The van der Waals surface area contributed by atoms with E-state index in [4.69, 9.17) is 0 Å². The molecule has 2 bridgehead atoms. The third-order valence-corrected chi connectivity index (χ3v) is 12.2. The van der Waals surface area contributed by atoms with Crippen molar-refractivity contribution in [1.82, 2.24) is 0 Å². The van der Waals surface area contributed by atoms with Crippen molar-refractivity contribution in [2.45, 2.75) is 53.1 Å². The zero-order valence-electron chi connectivity index (χ0n) is 13.2. The summed E-state index contributed by atoms with van der Waals surface area (Å²) in [5.74, 6) is 0.752. The van der Waals surface area contributed by atoms with E-state index >= 15 is 0 Å². The van der Waals surface area contributed by atoms with Crippen molar-refractivity contribution in [2.24, 2.45) is 16.7 Å². The summed E-state index contributed by atoms with van der Waals surface area (Å²) < 4.78 is 3.84.